The molecular formula is C8H11O3. The maximum Gasteiger partial charge on any atom is 0.329 e. The maximum absolute atomic E-state index is 9.84. The second-order valence-electron chi connectivity index (χ2n) is 1.35. The average Bonchev–Trinajstić information content (AvgIpc) is 2.06. The van der Waals surface area contributed by atoms with Crippen LogP contribution in [-0.2, 0) is 14.3 Å². The number of esters is 1. The lowest BCUT2D eigenvalue weighted by molar-refractivity contribution is -0.134. The molecule has 0 unspecified atom stereocenters. The van der Waals surface area contributed by atoms with Gasteiger partial charge in [0.25, 0.3) is 0 Å². The fourth-order valence-electron chi connectivity index (χ4n) is 0.151. The third-order valence-corrected chi connectivity index (χ3v) is 0.603. The SMILES string of the molecule is C=CC(=O)OC.CC=C[C]=O. The summed E-state index contributed by atoms with van der Waals surface area (Å²) in [7, 11) is 1.31. The standard InChI is InChI=1S/C4H6O2.C4H5O/c1-3-4(5)6-2;1-2-3-4-5/h3H,1H2,2H3;2-3H,1H3. The molecule has 0 N–H and O–H groups in total. The lowest BCUT2D eigenvalue weighted by Crippen LogP contribution is -1.91. The molecule has 0 aliphatic carbocycles. The molecule has 0 rings (SSSR count). The van der Waals surface area contributed by atoms with Crippen molar-refractivity contribution < 1.29 is 14.3 Å². The molecule has 0 atom stereocenters. The summed E-state index contributed by atoms with van der Waals surface area (Å²) in [5.41, 5.74) is 0. The van der Waals surface area contributed by atoms with Crippen LogP contribution in [0.1, 0.15) is 6.92 Å². The lowest BCUT2D eigenvalue weighted by Gasteiger charge is -1.83. The molecule has 0 spiro atoms. The minimum Gasteiger partial charge on any atom is -0.466 e. The second-order valence-corrected chi connectivity index (χ2v) is 1.35. The van der Waals surface area contributed by atoms with E-state index in [9.17, 15) is 9.59 Å². The first kappa shape index (κ1) is 12.3. The van der Waals surface area contributed by atoms with E-state index in [-0.39, 0.29) is 0 Å². The van der Waals surface area contributed by atoms with E-state index < -0.39 is 5.97 Å². The van der Waals surface area contributed by atoms with Gasteiger partial charge in [-0.15, -0.1) is 0 Å². The van der Waals surface area contributed by atoms with Crippen molar-refractivity contribution in [1.29, 1.82) is 0 Å². The summed E-state index contributed by atoms with van der Waals surface area (Å²) < 4.78 is 4.14. The van der Waals surface area contributed by atoms with Gasteiger partial charge in [-0.25, -0.2) is 4.79 Å². The summed E-state index contributed by atoms with van der Waals surface area (Å²) in [6, 6.07) is 0. The number of carbonyl (C=O) groups is 1. The summed E-state index contributed by atoms with van der Waals surface area (Å²) in [5, 5.41) is 0. The van der Waals surface area contributed by atoms with Crippen molar-refractivity contribution >= 4 is 12.3 Å². The van der Waals surface area contributed by atoms with Gasteiger partial charge in [0.2, 0.25) is 6.29 Å². The highest BCUT2D eigenvalue weighted by Crippen LogP contribution is 1.67. The summed E-state index contributed by atoms with van der Waals surface area (Å²) in [4.78, 5) is 19.0. The fraction of sp³-hybridized carbons (Fsp3) is 0.250. The van der Waals surface area contributed by atoms with Crippen LogP contribution in [0.5, 0.6) is 0 Å². The first-order valence-electron chi connectivity index (χ1n) is 2.92. The Kier molecular flexibility index (Phi) is 12.8. The molecule has 0 heterocycles. The number of hydrogen-bond acceptors (Lipinski definition) is 3. The van der Waals surface area contributed by atoms with Crippen molar-refractivity contribution in [1.82, 2.24) is 0 Å². The Balaban J connectivity index is 0. The Morgan fingerprint density at radius 1 is 1.64 bits per heavy atom. The Morgan fingerprint density at radius 3 is 2.18 bits per heavy atom. The number of rotatable bonds is 2. The van der Waals surface area contributed by atoms with Crippen molar-refractivity contribution in [2.75, 3.05) is 7.11 Å². The van der Waals surface area contributed by atoms with Gasteiger partial charge in [-0.3, -0.25) is 4.79 Å². The molecule has 61 valence electrons. The van der Waals surface area contributed by atoms with E-state index in [1.807, 2.05) is 0 Å². The molecule has 0 aromatic rings. The molecule has 0 amide bonds. The minimum absolute atomic E-state index is 0.394. The first-order valence-corrected chi connectivity index (χ1v) is 2.92. The second kappa shape index (κ2) is 11.4. The molecule has 3 nitrogen and oxygen atoms in total. The first-order chi connectivity index (χ1) is 5.22. The maximum atomic E-state index is 9.84. The quantitative estimate of drug-likeness (QED) is 0.441. The molecule has 0 aromatic heterocycles. The van der Waals surface area contributed by atoms with E-state index in [1.165, 1.54) is 13.2 Å². The lowest BCUT2D eigenvalue weighted by atomic mass is 10.6. The van der Waals surface area contributed by atoms with Crippen LogP contribution < -0.4 is 0 Å². The van der Waals surface area contributed by atoms with Gasteiger partial charge in [0.05, 0.1) is 7.11 Å². The monoisotopic (exact) mass is 155 g/mol. The van der Waals surface area contributed by atoms with Crippen molar-refractivity contribution in [3.8, 4) is 0 Å². The Hall–Kier alpha value is -1.38. The van der Waals surface area contributed by atoms with Crippen molar-refractivity contribution in [2.24, 2.45) is 0 Å². The summed E-state index contributed by atoms with van der Waals surface area (Å²) in [6.07, 6.45) is 5.65. The van der Waals surface area contributed by atoms with Gasteiger partial charge >= 0.3 is 5.97 Å². The van der Waals surface area contributed by atoms with Crippen LogP contribution in [-0.4, -0.2) is 19.4 Å². The van der Waals surface area contributed by atoms with Crippen LogP contribution in [0.3, 0.4) is 0 Å². The summed E-state index contributed by atoms with van der Waals surface area (Å²) in [6.45, 7) is 4.93. The predicted octanol–water partition coefficient (Wildman–Crippen LogP) is 1.02. The van der Waals surface area contributed by atoms with Gasteiger partial charge in [0.15, 0.2) is 0 Å². The van der Waals surface area contributed by atoms with Crippen LogP contribution in [0.2, 0.25) is 0 Å². The summed E-state index contributed by atoms with van der Waals surface area (Å²) >= 11 is 0. The molecule has 0 bridgehead atoms. The topological polar surface area (TPSA) is 43.4 Å². The molecule has 0 aromatic carbocycles. The molecule has 3 heteroatoms. The Bertz CT molecular complexity index is 147. The average molecular weight is 155 g/mol. The van der Waals surface area contributed by atoms with Gasteiger partial charge in [0, 0.05) is 6.08 Å². The van der Waals surface area contributed by atoms with Gasteiger partial charge in [-0.1, -0.05) is 12.7 Å². The van der Waals surface area contributed by atoms with Crippen LogP contribution >= 0.6 is 0 Å². The molecule has 0 aliphatic rings. The Morgan fingerprint density at radius 2 is 2.18 bits per heavy atom. The van der Waals surface area contributed by atoms with E-state index in [1.54, 1.807) is 19.3 Å². The van der Waals surface area contributed by atoms with Crippen molar-refractivity contribution in [3.63, 3.8) is 0 Å². The molecule has 0 saturated carbocycles. The normalized spacial score (nSPS) is 7.82. The molecule has 0 saturated heterocycles. The third kappa shape index (κ3) is 17.7. The number of ether oxygens (including phenoxy) is 1. The minimum atomic E-state index is -0.394. The van der Waals surface area contributed by atoms with E-state index in [0.717, 1.165) is 6.08 Å². The van der Waals surface area contributed by atoms with Crippen LogP contribution in [0, 0.1) is 0 Å². The van der Waals surface area contributed by atoms with Gasteiger partial charge in [0.1, 0.15) is 0 Å². The van der Waals surface area contributed by atoms with E-state index in [2.05, 4.69) is 11.3 Å². The molecular weight excluding hydrogens is 144 g/mol. The zero-order chi connectivity index (χ0) is 9.11. The summed E-state index contributed by atoms with van der Waals surface area (Å²) in [5.74, 6) is -0.394. The van der Waals surface area contributed by atoms with Crippen molar-refractivity contribution in [3.05, 3.63) is 24.8 Å². The third-order valence-electron chi connectivity index (χ3n) is 0.603. The largest absolute Gasteiger partial charge is 0.466 e. The van der Waals surface area contributed by atoms with Crippen LogP contribution in [0.25, 0.3) is 0 Å². The van der Waals surface area contributed by atoms with Gasteiger partial charge < -0.3 is 4.74 Å². The van der Waals surface area contributed by atoms with Gasteiger partial charge in [-0.2, -0.15) is 0 Å². The number of allylic oxidation sites excluding steroid dienone is 2. The molecule has 1 radical (unpaired) electrons. The predicted molar refractivity (Wildman–Crippen MR) is 42.7 cm³/mol. The van der Waals surface area contributed by atoms with E-state index in [4.69, 9.17) is 0 Å². The molecule has 0 aliphatic heterocycles. The van der Waals surface area contributed by atoms with Crippen LogP contribution in [0.15, 0.2) is 24.8 Å². The zero-order valence-electron chi connectivity index (χ0n) is 6.66. The molecule has 11 heavy (non-hydrogen) atoms. The van der Waals surface area contributed by atoms with Crippen LogP contribution in [0.4, 0.5) is 0 Å². The van der Waals surface area contributed by atoms with Crippen molar-refractivity contribution in [2.45, 2.75) is 6.92 Å². The van der Waals surface area contributed by atoms with E-state index >= 15 is 0 Å². The number of hydrogen-bond donors (Lipinski definition) is 0. The Labute approximate surface area is 66.4 Å². The highest BCUT2D eigenvalue weighted by atomic mass is 16.5. The smallest absolute Gasteiger partial charge is 0.329 e. The highest BCUT2D eigenvalue weighted by Gasteiger charge is 1.81. The number of methoxy groups -OCH3 is 1. The zero-order valence-corrected chi connectivity index (χ0v) is 6.66. The number of carbonyl (C=O) groups excluding carboxylic acids is 2. The van der Waals surface area contributed by atoms with Gasteiger partial charge in [-0.05, 0) is 13.0 Å². The fourth-order valence-corrected chi connectivity index (χ4v) is 0.151. The van der Waals surface area contributed by atoms with E-state index in [0.29, 0.717) is 0 Å². The highest BCUT2D eigenvalue weighted by molar-refractivity contribution is 5.80. The molecule has 0 fully saturated rings.